The molecule has 0 saturated carbocycles. The molecule has 1 aromatic carbocycles. The van der Waals surface area contributed by atoms with Crippen LogP contribution in [0.2, 0.25) is 10.0 Å². The van der Waals surface area contributed by atoms with Crippen LogP contribution >= 0.6 is 23.2 Å². The molecule has 1 unspecified atom stereocenters. The topological polar surface area (TPSA) is 50.9 Å². The van der Waals surface area contributed by atoms with Crippen LogP contribution in [0.1, 0.15) is 17.3 Å². The summed E-state index contributed by atoms with van der Waals surface area (Å²) in [6.45, 7) is 0. The molecule has 3 N–H and O–H groups in total. The molecule has 0 bridgehead atoms. The molecule has 0 spiro atoms. The zero-order valence-electron chi connectivity index (χ0n) is 8.90. The first-order chi connectivity index (χ1) is 8.24. The molecule has 0 radical (unpaired) electrons. The van der Waals surface area contributed by atoms with Gasteiger partial charge >= 0.3 is 0 Å². The number of hydrogen-bond acceptors (Lipinski definition) is 3. The van der Waals surface area contributed by atoms with Crippen LogP contribution in [0.3, 0.4) is 0 Å². The van der Waals surface area contributed by atoms with Crippen molar-refractivity contribution in [3.63, 3.8) is 0 Å². The molecular formula is C12H11Cl2N3. The summed E-state index contributed by atoms with van der Waals surface area (Å²) in [5, 5.41) is 0.989. The van der Waals surface area contributed by atoms with Crippen LogP contribution in [0.5, 0.6) is 0 Å². The Labute approximate surface area is 110 Å². The van der Waals surface area contributed by atoms with E-state index in [9.17, 15) is 0 Å². The maximum atomic E-state index is 6.16. The minimum Gasteiger partial charge on any atom is -0.271 e. The summed E-state index contributed by atoms with van der Waals surface area (Å²) in [6, 6.07) is 10.8. The molecule has 0 aliphatic carbocycles. The van der Waals surface area contributed by atoms with Crippen molar-refractivity contribution in [1.82, 2.24) is 10.4 Å². The van der Waals surface area contributed by atoms with Gasteiger partial charge in [-0.25, -0.2) is 5.43 Å². The Morgan fingerprint density at radius 2 is 1.94 bits per heavy atom. The van der Waals surface area contributed by atoms with Crippen molar-refractivity contribution < 1.29 is 0 Å². The number of nitrogens with two attached hydrogens (primary N) is 1. The van der Waals surface area contributed by atoms with Crippen LogP contribution in [-0.2, 0) is 0 Å². The van der Waals surface area contributed by atoms with Gasteiger partial charge in [-0.05, 0) is 23.8 Å². The molecule has 0 amide bonds. The highest BCUT2D eigenvalue weighted by Crippen LogP contribution is 2.31. The fourth-order valence-electron chi connectivity index (χ4n) is 1.62. The molecule has 0 saturated heterocycles. The highest BCUT2D eigenvalue weighted by Gasteiger charge is 2.17. The normalized spacial score (nSPS) is 12.4. The number of hydrazine groups is 1. The van der Waals surface area contributed by atoms with Crippen molar-refractivity contribution in [2.75, 3.05) is 0 Å². The van der Waals surface area contributed by atoms with Crippen molar-refractivity contribution in [3.05, 3.63) is 63.9 Å². The summed E-state index contributed by atoms with van der Waals surface area (Å²) in [5.41, 5.74) is 4.29. The van der Waals surface area contributed by atoms with E-state index < -0.39 is 0 Å². The predicted octanol–water partition coefficient (Wildman–Crippen LogP) is 2.94. The quantitative estimate of drug-likeness (QED) is 0.664. The van der Waals surface area contributed by atoms with Crippen LogP contribution in [0.4, 0.5) is 0 Å². The van der Waals surface area contributed by atoms with Crippen molar-refractivity contribution in [3.8, 4) is 0 Å². The van der Waals surface area contributed by atoms with Crippen LogP contribution in [0.25, 0.3) is 0 Å². The predicted molar refractivity (Wildman–Crippen MR) is 69.9 cm³/mol. The molecule has 0 aliphatic heterocycles. The third kappa shape index (κ3) is 2.58. The van der Waals surface area contributed by atoms with E-state index in [0.29, 0.717) is 10.0 Å². The molecule has 2 rings (SSSR count). The van der Waals surface area contributed by atoms with E-state index in [4.69, 9.17) is 29.0 Å². The Hall–Kier alpha value is -1.13. The first-order valence-electron chi connectivity index (χ1n) is 5.05. The minimum absolute atomic E-state index is 0.276. The Bertz CT molecular complexity index is 502. The van der Waals surface area contributed by atoms with Crippen molar-refractivity contribution in [2.24, 2.45) is 5.84 Å². The van der Waals surface area contributed by atoms with Crippen LogP contribution < -0.4 is 11.3 Å². The first kappa shape index (κ1) is 12.3. The maximum Gasteiger partial charge on any atom is 0.0896 e. The second-order valence-electron chi connectivity index (χ2n) is 3.50. The molecule has 1 atom stereocenters. The van der Waals surface area contributed by atoms with E-state index in [1.807, 2.05) is 30.3 Å². The maximum absolute atomic E-state index is 6.16. The van der Waals surface area contributed by atoms with Crippen LogP contribution in [-0.4, -0.2) is 4.98 Å². The number of halogens is 2. The van der Waals surface area contributed by atoms with E-state index in [2.05, 4.69) is 10.4 Å². The Morgan fingerprint density at radius 3 is 2.59 bits per heavy atom. The fraction of sp³-hybridized carbons (Fsp3) is 0.0833. The monoisotopic (exact) mass is 267 g/mol. The molecular weight excluding hydrogens is 257 g/mol. The lowest BCUT2D eigenvalue weighted by Gasteiger charge is -2.17. The van der Waals surface area contributed by atoms with E-state index in [1.54, 1.807) is 12.3 Å². The highest BCUT2D eigenvalue weighted by atomic mass is 35.5. The van der Waals surface area contributed by atoms with E-state index in [-0.39, 0.29) is 6.04 Å². The molecule has 2 aromatic rings. The van der Waals surface area contributed by atoms with E-state index in [1.165, 1.54) is 0 Å². The van der Waals surface area contributed by atoms with E-state index >= 15 is 0 Å². The number of pyridine rings is 1. The average molecular weight is 268 g/mol. The number of nitrogens with zero attached hydrogens (tertiary/aromatic N) is 1. The lowest BCUT2D eigenvalue weighted by Crippen LogP contribution is -2.29. The SMILES string of the molecule is NNC(c1ccccn1)c1cccc(Cl)c1Cl. The molecule has 1 aromatic heterocycles. The van der Waals surface area contributed by atoms with Crippen molar-refractivity contribution in [1.29, 1.82) is 0 Å². The lowest BCUT2D eigenvalue weighted by atomic mass is 10.0. The smallest absolute Gasteiger partial charge is 0.0896 e. The van der Waals surface area contributed by atoms with Gasteiger partial charge in [0.05, 0.1) is 21.8 Å². The Morgan fingerprint density at radius 1 is 1.12 bits per heavy atom. The van der Waals surface area contributed by atoms with Gasteiger partial charge in [0.15, 0.2) is 0 Å². The number of hydrogen-bond donors (Lipinski definition) is 2. The van der Waals surface area contributed by atoms with Gasteiger partial charge in [0, 0.05) is 6.20 Å². The summed E-state index contributed by atoms with van der Waals surface area (Å²) in [4.78, 5) is 4.25. The largest absolute Gasteiger partial charge is 0.271 e. The second-order valence-corrected chi connectivity index (χ2v) is 4.28. The summed E-state index contributed by atoms with van der Waals surface area (Å²) in [7, 11) is 0. The zero-order chi connectivity index (χ0) is 12.3. The van der Waals surface area contributed by atoms with Gasteiger partial charge in [0.25, 0.3) is 0 Å². The summed E-state index contributed by atoms with van der Waals surface area (Å²) in [6.07, 6.45) is 1.71. The Balaban J connectivity index is 2.46. The van der Waals surface area contributed by atoms with Gasteiger partial charge in [-0.3, -0.25) is 10.8 Å². The molecule has 88 valence electrons. The standard InChI is InChI=1S/C12H11Cl2N3/c13-9-5-3-4-8(11(9)14)12(17-15)10-6-1-2-7-16-10/h1-7,12,17H,15H2. The molecule has 0 fully saturated rings. The van der Waals surface area contributed by atoms with Crippen molar-refractivity contribution in [2.45, 2.75) is 6.04 Å². The molecule has 5 heteroatoms. The molecule has 1 heterocycles. The summed E-state index contributed by atoms with van der Waals surface area (Å²) < 4.78 is 0. The zero-order valence-corrected chi connectivity index (χ0v) is 10.4. The van der Waals surface area contributed by atoms with Crippen LogP contribution in [0.15, 0.2) is 42.6 Å². The first-order valence-corrected chi connectivity index (χ1v) is 5.80. The van der Waals surface area contributed by atoms with Gasteiger partial charge < -0.3 is 0 Å². The Kier molecular flexibility index (Phi) is 3.97. The number of nitrogens with one attached hydrogen (secondary N) is 1. The lowest BCUT2D eigenvalue weighted by molar-refractivity contribution is 0.621. The third-order valence-electron chi connectivity index (χ3n) is 2.44. The van der Waals surface area contributed by atoms with Gasteiger partial charge in [-0.1, -0.05) is 41.4 Å². The second kappa shape index (κ2) is 5.47. The minimum atomic E-state index is -0.276. The average Bonchev–Trinajstić information content (AvgIpc) is 2.37. The van der Waals surface area contributed by atoms with E-state index in [0.717, 1.165) is 11.3 Å². The summed E-state index contributed by atoms with van der Waals surface area (Å²) in [5.74, 6) is 5.56. The van der Waals surface area contributed by atoms with Gasteiger partial charge in [-0.2, -0.15) is 0 Å². The molecule has 0 aliphatic rings. The van der Waals surface area contributed by atoms with Gasteiger partial charge in [0.2, 0.25) is 0 Å². The summed E-state index contributed by atoms with van der Waals surface area (Å²) >= 11 is 12.1. The number of rotatable bonds is 3. The van der Waals surface area contributed by atoms with Crippen molar-refractivity contribution >= 4 is 23.2 Å². The number of benzene rings is 1. The molecule has 3 nitrogen and oxygen atoms in total. The number of aromatic nitrogens is 1. The third-order valence-corrected chi connectivity index (χ3v) is 3.28. The highest BCUT2D eigenvalue weighted by molar-refractivity contribution is 6.42. The van der Waals surface area contributed by atoms with Crippen LogP contribution in [0, 0.1) is 0 Å². The molecule has 17 heavy (non-hydrogen) atoms. The fourth-order valence-corrected chi connectivity index (χ4v) is 2.04. The van der Waals surface area contributed by atoms with Gasteiger partial charge in [-0.15, -0.1) is 0 Å². The van der Waals surface area contributed by atoms with Gasteiger partial charge in [0.1, 0.15) is 0 Å².